The van der Waals surface area contributed by atoms with Crippen molar-refractivity contribution in [3.63, 3.8) is 0 Å². The van der Waals surface area contributed by atoms with Crippen LogP contribution < -0.4 is 0 Å². The van der Waals surface area contributed by atoms with Gasteiger partial charge in [0.05, 0.1) is 10.0 Å². The second-order valence-electron chi connectivity index (χ2n) is 3.37. The van der Waals surface area contributed by atoms with Gasteiger partial charge in [-0.05, 0) is 24.6 Å². The highest BCUT2D eigenvalue weighted by atomic mass is 35.5. The van der Waals surface area contributed by atoms with Gasteiger partial charge in [-0.1, -0.05) is 30.1 Å². The van der Waals surface area contributed by atoms with Gasteiger partial charge in [0.1, 0.15) is 5.76 Å². The lowest BCUT2D eigenvalue weighted by Crippen LogP contribution is -1.94. The minimum atomic E-state index is -0.105. The van der Waals surface area contributed by atoms with Gasteiger partial charge in [-0.3, -0.25) is 4.79 Å². The number of benzene rings is 1. The van der Waals surface area contributed by atoms with Crippen LogP contribution in [0.2, 0.25) is 10.0 Å². The molecule has 0 amide bonds. The van der Waals surface area contributed by atoms with Crippen molar-refractivity contribution >= 4 is 34.7 Å². The Hall–Kier alpha value is -0.990. The lowest BCUT2D eigenvalue weighted by molar-refractivity contribution is -0.114. The lowest BCUT2D eigenvalue weighted by Gasteiger charge is -2.02. The number of rotatable bonds is 4. The van der Waals surface area contributed by atoms with E-state index in [-0.39, 0.29) is 11.5 Å². The largest absolute Gasteiger partial charge is 0.507 e. The molecule has 1 rings (SSSR count). The lowest BCUT2D eigenvalue weighted by atomic mass is 10.1. The van der Waals surface area contributed by atoms with Crippen molar-refractivity contribution in [2.45, 2.75) is 19.8 Å². The molecule has 1 aromatic carbocycles. The number of hydrogen-bond donors (Lipinski definition) is 1. The van der Waals surface area contributed by atoms with E-state index >= 15 is 0 Å². The molecule has 2 nitrogen and oxygen atoms in total. The highest BCUT2D eigenvalue weighted by Crippen LogP contribution is 2.25. The van der Waals surface area contributed by atoms with Crippen LogP contribution in [0.25, 0.3) is 5.76 Å². The van der Waals surface area contributed by atoms with Gasteiger partial charge in [0.25, 0.3) is 0 Å². The van der Waals surface area contributed by atoms with Crippen molar-refractivity contribution in [1.29, 1.82) is 0 Å². The van der Waals surface area contributed by atoms with Crippen molar-refractivity contribution < 1.29 is 9.90 Å². The number of ketones is 1. The van der Waals surface area contributed by atoms with Gasteiger partial charge in [0.15, 0.2) is 5.78 Å². The van der Waals surface area contributed by atoms with Crippen LogP contribution in [-0.4, -0.2) is 10.9 Å². The molecule has 0 spiro atoms. The van der Waals surface area contributed by atoms with Gasteiger partial charge in [-0.15, -0.1) is 0 Å². The Balaban J connectivity index is 2.91. The molecule has 0 atom stereocenters. The first-order valence-corrected chi connectivity index (χ1v) is 5.69. The summed E-state index contributed by atoms with van der Waals surface area (Å²) in [5.41, 5.74) is 0.485. The molecule has 86 valence electrons. The summed E-state index contributed by atoms with van der Waals surface area (Å²) in [4.78, 5) is 11.3. The van der Waals surface area contributed by atoms with Gasteiger partial charge in [-0.2, -0.15) is 0 Å². The highest BCUT2D eigenvalue weighted by Gasteiger charge is 2.05. The number of aliphatic hydroxyl groups excluding tert-OH is 1. The van der Waals surface area contributed by atoms with Crippen LogP contribution in [0.4, 0.5) is 0 Å². The van der Waals surface area contributed by atoms with E-state index in [4.69, 9.17) is 23.2 Å². The van der Waals surface area contributed by atoms with Crippen molar-refractivity contribution in [2.75, 3.05) is 0 Å². The van der Waals surface area contributed by atoms with E-state index in [1.54, 1.807) is 12.1 Å². The van der Waals surface area contributed by atoms with E-state index in [0.29, 0.717) is 22.0 Å². The first-order valence-electron chi connectivity index (χ1n) is 4.93. The number of halogens is 2. The first-order chi connectivity index (χ1) is 7.54. The van der Waals surface area contributed by atoms with Crippen LogP contribution in [0.15, 0.2) is 24.3 Å². The third-order valence-corrected chi connectivity index (χ3v) is 2.75. The van der Waals surface area contributed by atoms with Crippen molar-refractivity contribution in [1.82, 2.24) is 0 Å². The summed E-state index contributed by atoms with van der Waals surface area (Å²) >= 11 is 11.5. The number of allylic oxidation sites excluding steroid dienone is 1. The first kappa shape index (κ1) is 13.1. The van der Waals surface area contributed by atoms with Crippen LogP contribution in [0.3, 0.4) is 0 Å². The van der Waals surface area contributed by atoms with Crippen LogP contribution >= 0.6 is 23.2 Å². The fraction of sp³-hybridized carbons (Fsp3) is 0.250. The average molecular weight is 259 g/mol. The zero-order valence-corrected chi connectivity index (χ0v) is 10.3. The Morgan fingerprint density at radius 2 is 2.06 bits per heavy atom. The molecule has 0 aromatic heterocycles. The molecule has 0 aliphatic rings. The van der Waals surface area contributed by atoms with Crippen LogP contribution in [0.5, 0.6) is 0 Å². The van der Waals surface area contributed by atoms with E-state index in [0.717, 1.165) is 6.42 Å². The molecule has 0 saturated heterocycles. The molecule has 0 unspecified atom stereocenters. The van der Waals surface area contributed by atoms with E-state index < -0.39 is 0 Å². The molecule has 0 aliphatic carbocycles. The fourth-order valence-electron chi connectivity index (χ4n) is 1.21. The van der Waals surface area contributed by atoms with Gasteiger partial charge < -0.3 is 5.11 Å². The second-order valence-corrected chi connectivity index (χ2v) is 4.19. The smallest absolute Gasteiger partial charge is 0.159 e. The molecular formula is C12H12Cl2O2. The normalized spacial score (nSPS) is 11.6. The summed E-state index contributed by atoms with van der Waals surface area (Å²) in [7, 11) is 0. The Morgan fingerprint density at radius 1 is 1.38 bits per heavy atom. The molecular weight excluding hydrogens is 247 g/mol. The summed E-state index contributed by atoms with van der Waals surface area (Å²) in [6, 6.07) is 4.71. The predicted octanol–water partition coefficient (Wildman–Crippen LogP) is 4.26. The summed E-state index contributed by atoms with van der Waals surface area (Å²) in [5, 5.41) is 10.4. The average Bonchev–Trinajstić information content (AvgIpc) is 2.22. The minimum Gasteiger partial charge on any atom is -0.507 e. The van der Waals surface area contributed by atoms with Crippen LogP contribution in [-0.2, 0) is 4.79 Å². The maximum absolute atomic E-state index is 11.3. The van der Waals surface area contributed by atoms with Crippen molar-refractivity contribution in [3.05, 3.63) is 39.9 Å². The molecule has 4 heteroatoms. The Kier molecular flexibility index (Phi) is 4.84. The van der Waals surface area contributed by atoms with E-state index in [2.05, 4.69) is 0 Å². The molecule has 0 heterocycles. The highest BCUT2D eigenvalue weighted by molar-refractivity contribution is 6.42. The maximum Gasteiger partial charge on any atom is 0.159 e. The standard InChI is InChI=1S/C12H12Cl2O2/c1-2-3-9(15)7-12(16)8-4-5-10(13)11(14)6-8/h4-7,16H,2-3H2,1H3. The van der Waals surface area contributed by atoms with Gasteiger partial charge >= 0.3 is 0 Å². The zero-order chi connectivity index (χ0) is 12.1. The molecule has 16 heavy (non-hydrogen) atoms. The molecule has 1 N–H and O–H groups in total. The van der Waals surface area contributed by atoms with Gasteiger partial charge in [0.2, 0.25) is 0 Å². The molecule has 0 saturated carbocycles. The Labute approximate surface area is 104 Å². The minimum absolute atomic E-state index is 0.0861. The number of carbonyl (C=O) groups excluding carboxylic acids is 1. The van der Waals surface area contributed by atoms with Crippen LogP contribution in [0, 0.1) is 0 Å². The van der Waals surface area contributed by atoms with E-state index in [1.807, 2.05) is 6.92 Å². The van der Waals surface area contributed by atoms with Gasteiger partial charge in [-0.25, -0.2) is 0 Å². The summed E-state index contributed by atoms with van der Waals surface area (Å²) in [6.07, 6.45) is 2.39. The molecule has 0 radical (unpaired) electrons. The quantitative estimate of drug-likeness (QED) is 0.647. The molecule has 0 bridgehead atoms. The monoisotopic (exact) mass is 258 g/mol. The fourth-order valence-corrected chi connectivity index (χ4v) is 1.51. The third-order valence-electron chi connectivity index (χ3n) is 2.01. The van der Waals surface area contributed by atoms with Crippen molar-refractivity contribution in [2.24, 2.45) is 0 Å². The third kappa shape index (κ3) is 3.54. The zero-order valence-electron chi connectivity index (χ0n) is 8.84. The SMILES string of the molecule is CCCC(=O)C=C(O)c1ccc(Cl)c(Cl)c1. The van der Waals surface area contributed by atoms with E-state index in [9.17, 15) is 9.90 Å². The topological polar surface area (TPSA) is 37.3 Å². The number of aliphatic hydroxyl groups is 1. The summed E-state index contributed by atoms with van der Waals surface area (Å²) in [5.74, 6) is -0.192. The number of carbonyl (C=O) groups is 1. The molecule has 1 aromatic rings. The van der Waals surface area contributed by atoms with Crippen LogP contribution in [0.1, 0.15) is 25.3 Å². The predicted molar refractivity (Wildman–Crippen MR) is 67.0 cm³/mol. The molecule has 0 aliphatic heterocycles. The summed E-state index contributed by atoms with van der Waals surface area (Å²) < 4.78 is 0. The van der Waals surface area contributed by atoms with E-state index in [1.165, 1.54) is 12.1 Å². The second kappa shape index (κ2) is 5.92. The Morgan fingerprint density at radius 3 is 2.62 bits per heavy atom. The van der Waals surface area contributed by atoms with Crippen molar-refractivity contribution in [3.8, 4) is 0 Å². The number of hydrogen-bond acceptors (Lipinski definition) is 2. The Bertz CT molecular complexity index is 425. The van der Waals surface area contributed by atoms with Gasteiger partial charge in [0, 0.05) is 18.1 Å². The molecule has 0 fully saturated rings. The maximum atomic E-state index is 11.3. The summed E-state index contributed by atoms with van der Waals surface area (Å²) in [6.45, 7) is 1.90.